The Balaban J connectivity index is 3.28. The monoisotopic (exact) mass is 452 g/mol. The molecule has 0 spiro atoms. The van der Waals surface area contributed by atoms with Crippen LogP contribution in [0.5, 0.6) is 0 Å². The van der Waals surface area contributed by atoms with E-state index in [-0.39, 0.29) is 7.92 Å². The molecule has 0 aliphatic carbocycles. The SMILES string of the molecule is CCCCCCCC/C=C\CCCCCCCC(=N)CCCCCP(C)CCCNC. The molecule has 0 bridgehead atoms. The van der Waals surface area contributed by atoms with Crippen LogP contribution in [0.1, 0.15) is 129 Å². The van der Waals surface area contributed by atoms with E-state index < -0.39 is 0 Å². The third kappa shape index (κ3) is 25.9. The molecule has 0 amide bonds. The minimum atomic E-state index is 0.252. The summed E-state index contributed by atoms with van der Waals surface area (Å²) < 4.78 is 0. The first-order valence-corrected chi connectivity index (χ1v) is 15.9. The lowest BCUT2D eigenvalue weighted by Gasteiger charge is -2.11. The normalized spacial score (nSPS) is 12.6. The first-order chi connectivity index (χ1) is 15.2. The van der Waals surface area contributed by atoms with E-state index in [0.29, 0.717) is 0 Å². The van der Waals surface area contributed by atoms with E-state index in [4.69, 9.17) is 5.41 Å². The third-order valence-corrected chi connectivity index (χ3v) is 8.38. The van der Waals surface area contributed by atoms with Crippen LogP contribution in [0.4, 0.5) is 0 Å². The largest absolute Gasteiger partial charge is 0.320 e. The molecular weight excluding hydrogens is 395 g/mol. The quantitative estimate of drug-likeness (QED) is 0.0615. The summed E-state index contributed by atoms with van der Waals surface area (Å²) in [6.07, 6.45) is 32.6. The van der Waals surface area contributed by atoms with Gasteiger partial charge in [0.05, 0.1) is 0 Å². The zero-order chi connectivity index (χ0) is 22.8. The molecule has 2 N–H and O–H groups in total. The van der Waals surface area contributed by atoms with Crippen LogP contribution in [0, 0.1) is 5.41 Å². The van der Waals surface area contributed by atoms with E-state index in [0.717, 1.165) is 18.6 Å². The zero-order valence-corrected chi connectivity index (χ0v) is 22.6. The van der Waals surface area contributed by atoms with Gasteiger partial charge in [0.15, 0.2) is 0 Å². The van der Waals surface area contributed by atoms with Gasteiger partial charge in [0.25, 0.3) is 0 Å². The van der Waals surface area contributed by atoms with E-state index in [1.165, 1.54) is 128 Å². The Kier molecular flexibility index (Phi) is 25.9. The maximum absolute atomic E-state index is 8.18. The average Bonchev–Trinajstić information content (AvgIpc) is 2.76. The highest BCUT2D eigenvalue weighted by atomic mass is 31.1. The Bertz CT molecular complexity index is 394. The number of allylic oxidation sites excluding steroid dienone is 2. The minimum absolute atomic E-state index is 0.252. The fourth-order valence-corrected chi connectivity index (χ4v) is 5.75. The molecular formula is C28H57N2P. The number of hydrogen-bond donors (Lipinski definition) is 2. The molecule has 1 atom stereocenters. The maximum atomic E-state index is 8.18. The van der Waals surface area contributed by atoms with Gasteiger partial charge in [0.1, 0.15) is 0 Å². The van der Waals surface area contributed by atoms with Crippen molar-refractivity contribution < 1.29 is 0 Å². The summed E-state index contributed by atoms with van der Waals surface area (Å²) >= 11 is 0. The van der Waals surface area contributed by atoms with Gasteiger partial charge in [-0.05, 0) is 96.8 Å². The first kappa shape index (κ1) is 30.8. The van der Waals surface area contributed by atoms with Crippen LogP contribution in [-0.4, -0.2) is 38.3 Å². The molecule has 0 radical (unpaired) electrons. The number of unbranched alkanes of at least 4 members (excludes halogenated alkanes) is 13. The second kappa shape index (κ2) is 26.1. The highest BCUT2D eigenvalue weighted by Crippen LogP contribution is 2.32. The minimum Gasteiger partial charge on any atom is -0.320 e. The summed E-state index contributed by atoms with van der Waals surface area (Å²) in [5.74, 6) is 0. The number of rotatable bonds is 25. The summed E-state index contributed by atoms with van der Waals surface area (Å²) in [4.78, 5) is 0. The van der Waals surface area contributed by atoms with E-state index in [9.17, 15) is 0 Å². The smallest absolute Gasteiger partial charge is 0.00891 e. The summed E-state index contributed by atoms with van der Waals surface area (Å²) in [6, 6.07) is 0. The third-order valence-electron chi connectivity index (χ3n) is 6.23. The van der Waals surface area contributed by atoms with Crippen molar-refractivity contribution in [2.24, 2.45) is 0 Å². The molecule has 184 valence electrons. The van der Waals surface area contributed by atoms with Gasteiger partial charge in [0, 0.05) is 5.71 Å². The van der Waals surface area contributed by atoms with Gasteiger partial charge in [-0.3, -0.25) is 0 Å². The van der Waals surface area contributed by atoms with Crippen LogP contribution in [-0.2, 0) is 0 Å². The van der Waals surface area contributed by atoms with Crippen molar-refractivity contribution in [2.75, 3.05) is 32.6 Å². The molecule has 0 heterocycles. The molecule has 1 unspecified atom stereocenters. The summed E-state index contributed by atoms with van der Waals surface area (Å²) in [6.45, 7) is 5.91. The van der Waals surface area contributed by atoms with Gasteiger partial charge >= 0.3 is 0 Å². The van der Waals surface area contributed by atoms with Gasteiger partial charge < -0.3 is 10.7 Å². The summed E-state index contributed by atoms with van der Waals surface area (Å²) in [5, 5.41) is 11.4. The van der Waals surface area contributed by atoms with Crippen molar-refractivity contribution in [1.82, 2.24) is 5.32 Å². The van der Waals surface area contributed by atoms with E-state index in [1.54, 1.807) is 0 Å². The van der Waals surface area contributed by atoms with Gasteiger partial charge in [-0.1, -0.05) is 76.9 Å². The van der Waals surface area contributed by atoms with Gasteiger partial charge in [-0.2, -0.15) is 0 Å². The molecule has 0 aromatic carbocycles. The lowest BCUT2D eigenvalue weighted by Crippen LogP contribution is -2.08. The van der Waals surface area contributed by atoms with E-state index in [2.05, 4.69) is 31.1 Å². The molecule has 0 aromatic heterocycles. The predicted molar refractivity (Wildman–Crippen MR) is 147 cm³/mol. The fourth-order valence-electron chi connectivity index (χ4n) is 4.07. The molecule has 0 saturated carbocycles. The van der Waals surface area contributed by atoms with Gasteiger partial charge in [-0.15, -0.1) is 7.92 Å². The second-order valence-electron chi connectivity index (χ2n) is 9.51. The predicted octanol–water partition coefficient (Wildman–Crippen LogP) is 9.33. The van der Waals surface area contributed by atoms with E-state index in [1.807, 2.05) is 7.05 Å². The topological polar surface area (TPSA) is 35.9 Å². The van der Waals surface area contributed by atoms with Crippen molar-refractivity contribution in [3.63, 3.8) is 0 Å². The summed E-state index contributed by atoms with van der Waals surface area (Å²) in [5.41, 5.74) is 1.01. The van der Waals surface area contributed by atoms with Crippen LogP contribution < -0.4 is 5.32 Å². The van der Waals surface area contributed by atoms with Crippen LogP contribution in [0.25, 0.3) is 0 Å². The lowest BCUT2D eigenvalue weighted by atomic mass is 10.0. The fraction of sp³-hybridized carbons (Fsp3) is 0.893. The Morgan fingerprint density at radius 2 is 1.16 bits per heavy atom. The van der Waals surface area contributed by atoms with Crippen LogP contribution in [0.15, 0.2) is 12.2 Å². The lowest BCUT2D eigenvalue weighted by molar-refractivity contribution is 0.609. The van der Waals surface area contributed by atoms with E-state index >= 15 is 0 Å². The number of hydrogen-bond acceptors (Lipinski definition) is 2. The second-order valence-corrected chi connectivity index (χ2v) is 12.1. The van der Waals surface area contributed by atoms with Crippen LogP contribution >= 0.6 is 7.92 Å². The molecule has 3 heteroatoms. The van der Waals surface area contributed by atoms with Crippen molar-refractivity contribution in [1.29, 1.82) is 5.41 Å². The Morgan fingerprint density at radius 3 is 1.74 bits per heavy atom. The van der Waals surface area contributed by atoms with Gasteiger partial charge in [-0.25, -0.2) is 0 Å². The first-order valence-electron chi connectivity index (χ1n) is 13.7. The highest BCUT2D eigenvalue weighted by molar-refractivity contribution is 7.56. The molecule has 0 aliphatic heterocycles. The molecule has 0 rings (SSSR count). The summed E-state index contributed by atoms with van der Waals surface area (Å²) in [7, 11) is 2.30. The molecule has 0 saturated heterocycles. The average molecular weight is 453 g/mol. The molecule has 0 aliphatic rings. The molecule has 2 nitrogen and oxygen atoms in total. The molecule has 0 aromatic rings. The van der Waals surface area contributed by atoms with Crippen LogP contribution in [0.2, 0.25) is 0 Å². The molecule has 31 heavy (non-hydrogen) atoms. The highest BCUT2D eigenvalue weighted by Gasteiger charge is 2.02. The van der Waals surface area contributed by atoms with Crippen LogP contribution in [0.3, 0.4) is 0 Å². The Hall–Kier alpha value is -0.200. The van der Waals surface area contributed by atoms with Gasteiger partial charge in [0.2, 0.25) is 0 Å². The Labute approximate surface area is 198 Å². The van der Waals surface area contributed by atoms with Crippen molar-refractivity contribution in [2.45, 2.75) is 129 Å². The van der Waals surface area contributed by atoms with Crippen molar-refractivity contribution >= 4 is 13.6 Å². The van der Waals surface area contributed by atoms with Crippen molar-refractivity contribution in [3.05, 3.63) is 12.2 Å². The standard InChI is InChI=1S/C28H57N2P/c1-4-5-6-7-8-9-10-11-12-13-14-15-16-17-19-23-28(29)24-20-18-21-26-31(3)27-22-25-30-2/h11-12,29-30H,4-10,13-27H2,1-3H3/b12-11-,29-28?. The Morgan fingerprint density at radius 1 is 0.677 bits per heavy atom. The maximum Gasteiger partial charge on any atom is 0.00891 e. The number of nitrogens with one attached hydrogen (secondary N) is 2. The zero-order valence-electron chi connectivity index (χ0n) is 21.7. The van der Waals surface area contributed by atoms with Crippen molar-refractivity contribution in [3.8, 4) is 0 Å². The molecule has 0 fully saturated rings.